The first-order valence-corrected chi connectivity index (χ1v) is 17.4. The lowest BCUT2D eigenvalue weighted by Crippen LogP contribution is -2.11. The van der Waals surface area contributed by atoms with E-state index < -0.39 is 0 Å². The zero-order valence-corrected chi connectivity index (χ0v) is 27.3. The first kappa shape index (κ1) is 27.9. The van der Waals surface area contributed by atoms with Gasteiger partial charge in [-0.3, -0.25) is 0 Å². The van der Waals surface area contributed by atoms with Crippen molar-refractivity contribution in [3.8, 4) is 22.3 Å². The monoisotopic (exact) mass is 643 g/mol. The van der Waals surface area contributed by atoms with Crippen LogP contribution in [0.5, 0.6) is 0 Å². The van der Waals surface area contributed by atoms with Gasteiger partial charge in [0.1, 0.15) is 11.2 Å². The average Bonchev–Trinajstić information content (AvgIpc) is 3.73. The van der Waals surface area contributed by atoms with Crippen LogP contribution in [0.2, 0.25) is 0 Å². The summed E-state index contributed by atoms with van der Waals surface area (Å²) in [6.07, 6.45) is 0. The topological polar surface area (TPSA) is 16.4 Å². The van der Waals surface area contributed by atoms with E-state index in [9.17, 15) is 0 Å². The lowest BCUT2D eigenvalue weighted by Gasteiger charge is -2.29. The Hall–Kier alpha value is -6.16. The molecule has 0 aliphatic carbocycles. The predicted octanol–water partition coefficient (Wildman–Crippen LogP) is 13.9. The molecule has 2 aromatic heterocycles. The summed E-state index contributed by atoms with van der Waals surface area (Å²) in [5.74, 6) is 0. The maximum absolute atomic E-state index is 6.11. The van der Waals surface area contributed by atoms with E-state index in [0.29, 0.717) is 0 Å². The molecule has 230 valence electrons. The van der Waals surface area contributed by atoms with Gasteiger partial charge in [0.2, 0.25) is 0 Å². The third kappa shape index (κ3) is 4.62. The van der Waals surface area contributed by atoms with Crippen molar-refractivity contribution in [3.05, 3.63) is 176 Å². The number of thiophene rings is 1. The van der Waals surface area contributed by atoms with Crippen LogP contribution in [0, 0.1) is 0 Å². The quantitative estimate of drug-likeness (QED) is 0.186. The Morgan fingerprint density at radius 1 is 0.388 bits per heavy atom. The SMILES string of the molecule is c1ccc(N(c2ccc(-c3ccc4oc5ccccc5c4c3)cc2)c2cccc3ccccc23)c(-c2ccc3c(c2)sc2ccccc23)c1. The summed E-state index contributed by atoms with van der Waals surface area (Å²) in [5, 5.41) is 7.33. The fourth-order valence-electron chi connectivity index (χ4n) is 7.33. The van der Waals surface area contributed by atoms with Gasteiger partial charge in [-0.2, -0.15) is 0 Å². The number of rotatable bonds is 5. The minimum Gasteiger partial charge on any atom is -0.456 e. The number of fused-ring (bicyclic) bond motifs is 7. The van der Waals surface area contributed by atoms with Gasteiger partial charge in [-0.1, -0.05) is 121 Å². The van der Waals surface area contributed by atoms with E-state index in [0.717, 1.165) is 44.6 Å². The second-order valence-electron chi connectivity index (χ2n) is 12.5. The highest BCUT2D eigenvalue weighted by Gasteiger charge is 2.20. The maximum Gasteiger partial charge on any atom is 0.135 e. The van der Waals surface area contributed by atoms with Gasteiger partial charge >= 0.3 is 0 Å². The molecular weight excluding hydrogens is 615 g/mol. The van der Waals surface area contributed by atoms with E-state index in [1.807, 2.05) is 23.5 Å². The van der Waals surface area contributed by atoms with E-state index in [2.05, 4.69) is 169 Å². The Bertz CT molecular complexity index is 2840. The number of furan rings is 1. The van der Waals surface area contributed by atoms with Crippen LogP contribution in [-0.4, -0.2) is 0 Å². The Kier molecular flexibility index (Phi) is 6.39. The number of benzene rings is 8. The van der Waals surface area contributed by atoms with Crippen LogP contribution in [0.3, 0.4) is 0 Å². The van der Waals surface area contributed by atoms with Crippen molar-refractivity contribution in [2.24, 2.45) is 0 Å². The standard InChI is InChI=1S/C46H29NOS/c1-2-12-35-31(10-1)11-9-17-42(35)47(34-24-20-30(21-25-34)32-23-27-44-40(28-32)37-14-4-7-18-43(37)48-44)41-16-6-3-13-36(41)33-22-26-39-38-15-5-8-19-45(38)49-46(39)29-33/h1-29H. The van der Waals surface area contributed by atoms with Gasteiger partial charge in [-0.15, -0.1) is 11.3 Å². The molecule has 0 fully saturated rings. The highest BCUT2D eigenvalue weighted by atomic mass is 32.1. The van der Waals surface area contributed by atoms with Crippen LogP contribution < -0.4 is 4.90 Å². The molecule has 0 atom stereocenters. The number of para-hydroxylation sites is 2. The van der Waals surface area contributed by atoms with Crippen LogP contribution in [0.1, 0.15) is 0 Å². The summed E-state index contributed by atoms with van der Waals surface area (Å²) >= 11 is 1.86. The van der Waals surface area contributed by atoms with Crippen LogP contribution in [0.4, 0.5) is 17.1 Å². The van der Waals surface area contributed by atoms with Gasteiger partial charge in [-0.05, 0) is 76.7 Å². The maximum atomic E-state index is 6.11. The number of anilines is 3. The normalized spacial score (nSPS) is 11.7. The molecular formula is C46H29NOS. The van der Waals surface area contributed by atoms with Crippen LogP contribution >= 0.6 is 11.3 Å². The molecule has 0 radical (unpaired) electrons. The molecule has 0 bridgehead atoms. The van der Waals surface area contributed by atoms with E-state index in [1.165, 1.54) is 47.6 Å². The van der Waals surface area contributed by atoms with Crippen molar-refractivity contribution in [2.45, 2.75) is 0 Å². The minimum atomic E-state index is 0.911. The van der Waals surface area contributed by atoms with Gasteiger partial charge in [0.25, 0.3) is 0 Å². The third-order valence-corrected chi connectivity index (χ3v) is 10.8. The summed E-state index contributed by atoms with van der Waals surface area (Å²) in [4.78, 5) is 2.42. The van der Waals surface area contributed by atoms with E-state index in [1.54, 1.807) is 0 Å². The smallest absolute Gasteiger partial charge is 0.135 e. The molecule has 0 amide bonds. The molecule has 0 saturated carbocycles. The molecule has 10 rings (SSSR count). The fourth-order valence-corrected chi connectivity index (χ4v) is 8.47. The number of hydrogen-bond donors (Lipinski definition) is 0. The first-order chi connectivity index (χ1) is 24.3. The molecule has 0 aliphatic heterocycles. The van der Waals surface area contributed by atoms with Crippen molar-refractivity contribution in [1.82, 2.24) is 0 Å². The van der Waals surface area contributed by atoms with Crippen LogP contribution in [0.25, 0.3) is 75.1 Å². The lowest BCUT2D eigenvalue weighted by atomic mass is 9.98. The van der Waals surface area contributed by atoms with Gasteiger partial charge < -0.3 is 9.32 Å². The Morgan fingerprint density at radius 2 is 1.04 bits per heavy atom. The highest BCUT2D eigenvalue weighted by molar-refractivity contribution is 7.25. The summed E-state index contributed by atoms with van der Waals surface area (Å²) in [6.45, 7) is 0. The minimum absolute atomic E-state index is 0.911. The second-order valence-corrected chi connectivity index (χ2v) is 13.6. The molecule has 3 heteroatoms. The Labute approximate surface area is 287 Å². The molecule has 8 aromatic carbocycles. The third-order valence-electron chi connectivity index (χ3n) is 9.68. The zero-order chi connectivity index (χ0) is 32.3. The Morgan fingerprint density at radius 3 is 1.96 bits per heavy atom. The molecule has 49 heavy (non-hydrogen) atoms. The summed E-state index contributed by atoms with van der Waals surface area (Å²) in [5.41, 5.74) is 9.94. The molecule has 0 spiro atoms. The van der Waals surface area contributed by atoms with E-state index in [4.69, 9.17) is 4.42 Å². The van der Waals surface area contributed by atoms with Crippen molar-refractivity contribution in [1.29, 1.82) is 0 Å². The summed E-state index contributed by atoms with van der Waals surface area (Å²) in [7, 11) is 0. The first-order valence-electron chi connectivity index (χ1n) is 16.6. The summed E-state index contributed by atoms with van der Waals surface area (Å²) in [6, 6.07) is 63.4. The molecule has 0 aliphatic rings. The fraction of sp³-hybridized carbons (Fsp3) is 0. The molecule has 2 heterocycles. The molecule has 0 saturated heterocycles. The molecule has 0 unspecified atom stereocenters. The van der Waals surface area contributed by atoms with Gasteiger partial charge in [0, 0.05) is 47.6 Å². The van der Waals surface area contributed by atoms with Crippen molar-refractivity contribution in [2.75, 3.05) is 4.90 Å². The largest absolute Gasteiger partial charge is 0.456 e. The molecule has 10 aromatic rings. The van der Waals surface area contributed by atoms with Crippen molar-refractivity contribution < 1.29 is 4.42 Å². The number of nitrogens with zero attached hydrogens (tertiary/aromatic N) is 1. The lowest BCUT2D eigenvalue weighted by molar-refractivity contribution is 0.669. The summed E-state index contributed by atoms with van der Waals surface area (Å²) < 4.78 is 8.73. The van der Waals surface area contributed by atoms with Crippen molar-refractivity contribution in [3.63, 3.8) is 0 Å². The number of hydrogen-bond acceptors (Lipinski definition) is 3. The highest BCUT2D eigenvalue weighted by Crippen LogP contribution is 2.45. The van der Waals surface area contributed by atoms with E-state index in [-0.39, 0.29) is 0 Å². The van der Waals surface area contributed by atoms with Crippen LogP contribution in [0.15, 0.2) is 180 Å². The van der Waals surface area contributed by atoms with Gasteiger partial charge in [-0.25, -0.2) is 0 Å². The average molecular weight is 644 g/mol. The predicted molar refractivity (Wildman–Crippen MR) is 210 cm³/mol. The molecule has 2 nitrogen and oxygen atoms in total. The Balaban J connectivity index is 1.13. The van der Waals surface area contributed by atoms with Crippen molar-refractivity contribution >= 4 is 81.3 Å². The molecule has 0 N–H and O–H groups in total. The van der Waals surface area contributed by atoms with Gasteiger partial charge in [0.15, 0.2) is 0 Å². The van der Waals surface area contributed by atoms with E-state index >= 15 is 0 Å². The zero-order valence-electron chi connectivity index (χ0n) is 26.5. The van der Waals surface area contributed by atoms with Gasteiger partial charge in [0.05, 0.1) is 11.4 Å². The van der Waals surface area contributed by atoms with Crippen LogP contribution in [-0.2, 0) is 0 Å². The second kappa shape index (κ2) is 11.2.